The molecule has 0 saturated carbocycles. The molecule has 2 aromatic heterocycles. The fourth-order valence-corrected chi connectivity index (χ4v) is 4.36. The van der Waals surface area contributed by atoms with Gasteiger partial charge in [0.05, 0.1) is 21.9 Å². The van der Waals surface area contributed by atoms with Crippen LogP contribution < -0.4 is 25.4 Å². The fraction of sp³-hybridized carbons (Fsp3) is 0.214. The van der Waals surface area contributed by atoms with Gasteiger partial charge in [0.2, 0.25) is 5.91 Å². The summed E-state index contributed by atoms with van der Waals surface area (Å²) in [6, 6.07) is 14.7. The molecule has 0 atom stereocenters. The summed E-state index contributed by atoms with van der Waals surface area (Å²) >= 11 is 6.50. The third-order valence-corrected chi connectivity index (χ3v) is 6.35. The van der Waals surface area contributed by atoms with Gasteiger partial charge in [-0.05, 0) is 68.4 Å². The van der Waals surface area contributed by atoms with Crippen molar-refractivity contribution in [2.45, 2.75) is 25.6 Å². The molecule has 9 nitrogen and oxygen atoms in total. The number of fused-ring (bicyclic) bond motifs is 1. The average molecular weight is 531 g/mol. The molecule has 1 saturated heterocycles. The Morgan fingerprint density at radius 3 is 2.74 bits per heavy atom. The highest BCUT2D eigenvalue weighted by molar-refractivity contribution is 6.32. The van der Waals surface area contributed by atoms with Crippen molar-refractivity contribution in [3.8, 4) is 11.5 Å². The Bertz CT molecular complexity index is 1440. The van der Waals surface area contributed by atoms with Crippen LogP contribution in [0.15, 0.2) is 73.7 Å². The Balaban J connectivity index is 1.40. The van der Waals surface area contributed by atoms with Crippen LogP contribution in [0.1, 0.15) is 18.5 Å². The van der Waals surface area contributed by atoms with E-state index >= 15 is 0 Å². The number of amides is 1. The van der Waals surface area contributed by atoms with Crippen molar-refractivity contribution in [3.63, 3.8) is 0 Å². The lowest BCUT2D eigenvalue weighted by molar-refractivity contribution is -0.111. The van der Waals surface area contributed by atoms with Crippen molar-refractivity contribution in [1.29, 1.82) is 0 Å². The molecule has 0 spiro atoms. The zero-order valence-electron chi connectivity index (χ0n) is 20.6. The third-order valence-electron chi connectivity index (χ3n) is 6.06. The smallest absolute Gasteiger partial charge is 0.247 e. The summed E-state index contributed by atoms with van der Waals surface area (Å²) in [4.78, 5) is 25.3. The number of carbonyl (C=O) groups excluding carboxylic acids is 1. The van der Waals surface area contributed by atoms with Gasteiger partial charge in [-0.3, -0.25) is 9.78 Å². The van der Waals surface area contributed by atoms with Crippen LogP contribution in [-0.4, -0.2) is 40.1 Å². The number of halogens is 1. The molecular weight excluding hydrogens is 504 g/mol. The van der Waals surface area contributed by atoms with E-state index in [-0.39, 0.29) is 12.0 Å². The molecule has 4 aromatic rings. The summed E-state index contributed by atoms with van der Waals surface area (Å²) in [5.41, 5.74) is 2.72. The van der Waals surface area contributed by atoms with Crippen molar-refractivity contribution in [2.75, 3.05) is 23.7 Å². The van der Waals surface area contributed by atoms with Gasteiger partial charge in [0.15, 0.2) is 0 Å². The Labute approximate surface area is 225 Å². The van der Waals surface area contributed by atoms with Gasteiger partial charge in [-0.1, -0.05) is 24.2 Å². The summed E-state index contributed by atoms with van der Waals surface area (Å²) in [6.07, 6.45) is 6.23. The molecule has 3 N–H and O–H groups in total. The van der Waals surface area contributed by atoms with Gasteiger partial charge >= 0.3 is 0 Å². The van der Waals surface area contributed by atoms with Crippen LogP contribution in [-0.2, 0) is 11.4 Å². The zero-order valence-corrected chi connectivity index (χ0v) is 21.4. The molecule has 0 unspecified atom stereocenters. The summed E-state index contributed by atoms with van der Waals surface area (Å²) in [6.45, 7) is 5.64. The minimum Gasteiger partial charge on any atom is -0.488 e. The van der Waals surface area contributed by atoms with Gasteiger partial charge < -0.3 is 25.4 Å². The number of rotatable bonds is 9. The first-order valence-corrected chi connectivity index (χ1v) is 12.7. The molecule has 1 fully saturated rings. The van der Waals surface area contributed by atoms with Gasteiger partial charge in [-0.25, -0.2) is 9.97 Å². The van der Waals surface area contributed by atoms with Crippen LogP contribution in [0.25, 0.3) is 10.9 Å². The van der Waals surface area contributed by atoms with Crippen LogP contribution >= 0.6 is 11.6 Å². The fourth-order valence-electron chi connectivity index (χ4n) is 4.12. The zero-order chi connectivity index (χ0) is 26.3. The molecule has 3 heterocycles. The molecule has 0 radical (unpaired) electrons. The summed E-state index contributed by atoms with van der Waals surface area (Å²) in [5, 5.41) is 10.6. The minimum atomic E-state index is -0.334. The summed E-state index contributed by atoms with van der Waals surface area (Å²) in [7, 11) is 0. The molecule has 0 bridgehead atoms. The Kier molecular flexibility index (Phi) is 7.96. The third kappa shape index (κ3) is 6.19. The van der Waals surface area contributed by atoms with E-state index < -0.39 is 0 Å². The van der Waals surface area contributed by atoms with E-state index in [0.29, 0.717) is 51.2 Å². The lowest BCUT2D eigenvalue weighted by Gasteiger charge is -2.25. The first-order valence-electron chi connectivity index (χ1n) is 12.3. The number of piperidine rings is 1. The predicted molar refractivity (Wildman–Crippen MR) is 148 cm³/mol. The number of pyridine rings is 1. The van der Waals surface area contributed by atoms with E-state index in [1.165, 1.54) is 12.4 Å². The van der Waals surface area contributed by atoms with Crippen LogP contribution in [0.2, 0.25) is 5.02 Å². The number of benzene rings is 2. The molecule has 0 aliphatic carbocycles. The number of nitrogens with zero attached hydrogens (tertiary/aromatic N) is 3. The number of hydrogen-bond acceptors (Lipinski definition) is 8. The van der Waals surface area contributed by atoms with Crippen molar-refractivity contribution >= 4 is 45.6 Å². The Morgan fingerprint density at radius 2 is 1.97 bits per heavy atom. The van der Waals surface area contributed by atoms with Crippen molar-refractivity contribution in [1.82, 2.24) is 20.3 Å². The second kappa shape index (κ2) is 11.9. The molecular formula is C28H27ClN6O3. The molecule has 10 heteroatoms. The van der Waals surface area contributed by atoms with Gasteiger partial charge in [-0.15, -0.1) is 0 Å². The first-order chi connectivity index (χ1) is 18.6. The van der Waals surface area contributed by atoms with E-state index in [2.05, 4.69) is 37.5 Å². The lowest BCUT2D eigenvalue weighted by Crippen LogP contribution is -2.34. The highest BCUT2D eigenvalue weighted by Gasteiger charge is 2.19. The number of hydrogen-bond donors (Lipinski definition) is 3. The largest absolute Gasteiger partial charge is 0.488 e. The maximum Gasteiger partial charge on any atom is 0.247 e. The monoisotopic (exact) mass is 530 g/mol. The number of carbonyl (C=O) groups is 1. The lowest BCUT2D eigenvalue weighted by atomic mass is 10.1. The molecule has 194 valence electrons. The first kappa shape index (κ1) is 25.4. The van der Waals surface area contributed by atoms with Gasteiger partial charge in [0, 0.05) is 23.3 Å². The molecule has 1 amide bonds. The highest BCUT2D eigenvalue weighted by Crippen LogP contribution is 2.36. The van der Waals surface area contributed by atoms with E-state index in [1.54, 1.807) is 24.4 Å². The number of ether oxygens (including phenoxy) is 2. The second-order valence-electron chi connectivity index (χ2n) is 8.73. The quantitative estimate of drug-likeness (QED) is 0.251. The topological polar surface area (TPSA) is 110 Å². The normalized spacial score (nSPS) is 13.6. The number of anilines is 3. The molecule has 5 rings (SSSR count). The predicted octanol–water partition coefficient (Wildman–Crippen LogP) is 5.26. The van der Waals surface area contributed by atoms with Crippen molar-refractivity contribution < 1.29 is 14.3 Å². The summed E-state index contributed by atoms with van der Waals surface area (Å²) < 4.78 is 12.1. The maximum absolute atomic E-state index is 12.2. The van der Waals surface area contributed by atoms with Crippen molar-refractivity contribution in [2.24, 2.45) is 0 Å². The SMILES string of the molecule is C=CC(=O)Nc1cc2c(Nc3ccc(OCc4ccccn4)c(Cl)c3)ncnc2cc1OC1CCNCC1. The molecule has 1 aliphatic rings. The Hall–Kier alpha value is -4.21. The average Bonchev–Trinajstić information content (AvgIpc) is 2.94. The summed E-state index contributed by atoms with van der Waals surface area (Å²) in [5.74, 6) is 1.32. The number of nitrogens with one attached hydrogen (secondary N) is 3. The van der Waals surface area contributed by atoms with Crippen molar-refractivity contribution in [3.05, 3.63) is 84.4 Å². The van der Waals surface area contributed by atoms with E-state index in [4.69, 9.17) is 21.1 Å². The number of aromatic nitrogens is 3. The van der Waals surface area contributed by atoms with Gasteiger partial charge in [-0.2, -0.15) is 0 Å². The highest BCUT2D eigenvalue weighted by atomic mass is 35.5. The second-order valence-corrected chi connectivity index (χ2v) is 9.14. The molecule has 1 aliphatic heterocycles. The van der Waals surface area contributed by atoms with Crippen LogP contribution in [0, 0.1) is 0 Å². The van der Waals surface area contributed by atoms with Crippen LogP contribution in [0.5, 0.6) is 11.5 Å². The van der Waals surface area contributed by atoms with Gasteiger partial charge in [0.1, 0.15) is 36.4 Å². The molecule has 38 heavy (non-hydrogen) atoms. The van der Waals surface area contributed by atoms with E-state index in [9.17, 15) is 4.79 Å². The molecule has 2 aromatic carbocycles. The van der Waals surface area contributed by atoms with E-state index in [0.717, 1.165) is 31.6 Å². The van der Waals surface area contributed by atoms with Gasteiger partial charge in [0.25, 0.3) is 0 Å². The minimum absolute atomic E-state index is 0.0491. The van der Waals surface area contributed by atoms with Crippen LogP contribution in [0.4, 0.5) is 17.2 Å². The maximum atomic E-state index is 12.2. The van der Waals surface area contributed by atoms with Crippen LogP contribution in [0.3, 0.4) is 0 Å². The standard InChI is InChI=1S/C28H27ClN6O3/c1-2-27(36)35-24-14-21-23(15-26(24)38-20-8-11-30-12-9-20)32-17-33-28(21)34-18-6-7-25(22(29)13-18)37-16-19-5-3-4-10-31-19/h2-7,10,13-15,17,20,30H,1,8-9,11-12,16H2,(H,35,36)(H,32,33,34). The van der Waals surface area contributed by atoms with E-state index in [1.807, 2.05) is 30.3 Å². The Morgan fingerprint density at radius 1 is 1.11 bits per heavy atom.